The van der Waals surface area contributed by atoms with Gasteiger partial charge in [-0.25, -0.2) is 4.79 Å². The summed E-state index contributed by atoms with van der Waals surface area (Å²) in [4.78, 5) is 35.5. The average molecular weight is 377 g/mol. The van der Waals surface area contributed by atoms with Crippen molar-refractivity contribution in [3.63, 3.8) is 0 Å². The van der Waals surface area contributed by atoms with Crippen LogP contribution < -0.4 is 16.0 Å². The fourth-order valence-corrected chi connectivity index (χ4v) is 2.02. The zero-order chi connectivity index (χ0) is 20.7. The van der Waals surface area contributed by atoms with Crippen LogP contribution in [0.3, 0.4) is 0 Å². The first-order valence-corrected chi connectivity index (χ1v) is 9.01. The van der Waals surface area contributed by atoms with Crippen LogP contribution in [0.25, 0.3) is 0 Å². The standard InChI is InChI=1S/C20H31N3O4/c1-19(2,3)17(25)22-13-14-8-7-9-15(12-14)23-16(24)10-11-21-18(26)27-20(4,5)6/h7-9,12H,10-11,13H2,1-6H3,(H,21,26)(H,22,25)(H,23,24). The molecule has 7 nitrogen and oxygen atoms in total. The van der Waals surface area contributed by atoms with Crippen LogP contribution in [0.1, 0.15) is 53.5 Å². The fourth-order valence-electron chi connectivity index (χ4n) is 2.02. The van der Waals surface area contributed by atoms with Gasteiger partial charge in [0.2, 0.25) is 11.8 Å². The highest BCUT2D eigenvalue weighted by molar-refractivity contribution is 5.91. The molecular formula is C20H31N3O4. The molecule has 1 aromatic rings. The summed E-state index contributed by atoms with van der Waals surface area (Å²) in [7, 11) is 0. The molecule has 0 aromatic heterocycles. The van der Waals surface area contributed by atoms with Gasteiger partial charge in [0, 0.05) is 30.6 Å². The number of rotatable bonds is 6. The van der Waals surface area contributed by atoms with Crippen molar-refractivity contribution in [2.45, 2.75) is 60.1 Å². The number of nitrogens with one attached hydrogen (secondary N) is 3. The van der Waals surface area contributed by atoms with E-state index < -0.39 is 17.1 Å². The van der Waals surface area contributed by atoms with Crippen molar-refractivity contribution in [1.29, 1.82) is 0 Å². The van der Waals surface area contributed by atoms with E-state index in [-0.39, 0.29) is 24.8 Å². The number of hydrogen-bond acceptors (Lipinski definition) is 4. The lowest BCUT2D eigenvalue weighted by Gasteiger charge is -2.19. The smallest absolute Gasteiger partial charge is 0.407 e. The highest BCUT2D eigenvalue weighted by Gasteiger charge is 2.20. The van der Waals surface area contributed by atoms with Gasteiger partial charge in [0.1, 0.15) is 5.60 Å². The van der Waals surface area contributed by atoms with Crippen LogP contribution in [-0.4, -0.2) is 30.1 Å². The van der Waals surface area contributed by atoms with Gasteiger partial charge in [-0.05, 0) is 38.5 Å². The first-order valence-electron chi connectivity index (χ1n) is 9.01. The molecule has 0 unspecified atom stereocenters. The Balaban J connectivity index is 2.44. The van der Waals surface area contributed by atoms with Gasteiger partial charge in [0.25, 0.3) is 0 Å². The van der Waals surface area contributed by atoms with Crippen LogP contribution in [0.4, 0.5) is 10.5 Å². The van der Waals surface area contributed by atoms with Crippen molar-refractivity contribution in [2.75, 3.05) is 11.9 Å². The summed E-state index contributed by atoms with van der Waals surface area (Å²) in [5.41, 5.74) is 0.499. The monoisotopic (exact) mass is 377 g/mol. The first kappa shape index (κ1) is 22.5. The molecule has 0 saturated heterocycles. The van der Waals surface area contributed by atoms with Gasteiger partial charge in [0.15, 0.2) is 0 Å². The molecule has 0 bridgehead atoms. The maximum absolute atomic E-state index is 12.0. The van der Waals surface area contributed by atoms with Gasteiger partial charge < -0.3 is 20.7 Å². The lowest BCUT2D eigenvalue weighted by Crippen LogP contribution is -2.34. The molecule has 0 spiro atoms. The molecule has 0 atom stereocenters. The van der Waals surface area contributed by atoms with E-state index in [2.05, 4.69) is 16.0 Å². The van der Waals surface area contributed by atoms with Crippen molar-refractivity contribution in [3.05, 3.63) is 29.8 Å². The Kier molecular flexibility index (Phi) is 7.82. The van der Waals surface area contributed by atoms with Gasteiger partial charge in [-0.15, -0.1) is 0 Å². The molecule has 1 rings (SSSR count). The Hall–Kier alpha value is -2.57. The number of alkyl carbamates (subject to hydrolysis) is 1. The number of amides is 3. The second kappa shape index (κ2) is 9.39. The lowest BCUT2D eigenvalue weighted by atomic mass is 9.95. The van der Waals surface area contributed by atoms with Crippen LogP contribution in [-0.2, 0) is 20.9 Å². The molecule has 0 fully saturated rings. The highest BCUT2D eigenvalue weighted by Crippen LogP contribution is 2.14. The number of anilines is 1. The molecule has 150 valence electrons. The number of hydrogen-bond donors (Lipinski definition) is 3. The minimum absolute atomic E-state index is 0.0369. The van der Waals surface area contributed by atoms with Crippen molar-refractivity contribution in [3.8, 4) is 0 Å². The maximum atomic E-state index is 12.0. The number of carbonyl (C=O) groups excluding carboxylic acids is 3. The molecule has 0 heterocycles. The van der Waals surface area contributed by atoms with E-state index in [0.717, 1.165) is 5.56 Å². The summed E-state index contributed by atoms with van der Waals surface area (Å²) in [5, 5.41) is 8.19. The van der Waals surface area contributed by atoms with Crippen LogP contribution >= 0.6 is 0 Å². The average Bonchev–Trinajstić information content (AvgIpc) is 2.50. The van der Waals surface area contributed by atoms with E-state index in [1.807, 2.05) is 39.0 Å². The van der Waals surface area contributed by atoms with E-state index in [1.165, 1.54) is 0 Å². The zero-order valence-electron chi connectivity index (χ0n) is 17.1. The molecule has 0 saturated carbocycles. The third-order valence-corrected chi connectivity index (χ3v) is 3.37. The van der Waals surface area contributed by atoms with Gasteiger partial charge in [0.05, 0.1) is 0 Å². The first-order chi connectivity index (χ1) is 12.4. The lowest BCUT2D eigenvalue weighted by molar-refractivity contribution is -0.128. The Bertz CT molecular complexity index is 673. The van der Waals surface area contributed by atoms with Crippen molar-refractivity contribution < 1.29 is 19.1 Å². The van der Waals surface area contributed by atoms with Crippen molar-refractivity contribution in [2.24, 2.45) is 5.41 Å². The normalized spacial score (nSPS) is 11.5. The predicted octanol–water partition coefficient (Wildman–Crippen LogP) is 3.20. The molecule has 1 aromatic carbocycles. The molecule has 0 radical (unpaired) electrons. The summed E-state index contributed by atoms with van der Waals surface area (Å²) < 4.78 is 5.11. The Morgan fingerprint density at radius 3 is 2.26 bits per heavy atom. The summed E-state index contributed by atoms with van der Waals surface area (Å²) >= 11 is 0. The molecule has 7 heteroatoms. The highest BCUT2D eigenvalue weighted by atomic mass is 16.6. The Morgan fingerprint density at radius 1 is 1.00 bits per heavy atom. The molecule has 3 amide bonds. The van der Waals surface area contributed by atoms with Gasteiger partial charge >= 0.3 is 6.09 Å². The molecular weight excluding hydrogens is 346 g/mol. The van der Waals surface area contributed by atoms with Crippen molar-refractivity contribution >= 4 is 23.6 Å². The molecule has 0 aliphatic carbocycles. The molecule has 3 N–H and O–H groups in total. The summed E-state index contributed by atoms with van der Waals surface area (Å²) in [6.45, 7) is 11.4. The second-order valence-electron chi connectivity index (χ2n) is 8.36. The SMILES string of the molecule is CC(C)(C)OC(=O)NCCC(=O)Nc1cccc(CNC(=O)C(C)(C)C)c1. The number of ether oxygens (including phenoxy) is 1. The predicted molar refractivity (Wildman–Crippen MR) is 105 cm³/mol. The van der Waals surface area contributed by atoms with Gasteiger partial charge in [-0.3, -0.25) is 9.59 Å². The Labute approximate surface area is 161 Å². The zero-order valence-corrected chi connectivity index (χ0v) is 17.1. The third-order valence-electron chi connectivity index (χ3n) is 3.37. The molecule has 0 aliphatic heterocycles. The van der Waals surface area contributed by atoms with Crippen molar-refractivity contribution in [1.82, 2.24) is 10.6 Å². The minimum Gasteiger partial charge on any atom is -0.444 e. The van der Waals surface area contributed by atoms with E-state index >= 15 is 0 Å². The fraction of sp³-hybridized carbons (Fsp3) is 0.550. The Morgan fingerprint density at radius 2 is 1.67 bits per heavy atom. The van der Waals surface area contributed by atoms with E-state index in [0.29, 0.717) is 12.2 Å². The van der Waals surface area contributed by atoms with Crippen LogP contribution in [0, 0.1) is 5.41 Å². The van der Waals surface area contributed by atoms with Crippen LogP contribution in [0.15, 0.2) is 24.3 Å². The van der Waals surface area contributed by atoms with Crippen LogP contribution in [0.5, 0.6) is 0 Å². The second-order valence-corrected chi connectivity index (χ2v) is 8.36. The van der Waals surface area contributed by atoms with E-state index in [1.54, 1.807) is 26.8 Å². The maximum Gasteiger partial charge on any atom is 0.407 e. The summed E-state index contributed by atoms with van der Waals surface area (Å²) in [6.07, 6.45) is -0.420. The topological polar surface area (TPSA) is 96.5 Å². The number of benzene rings is 1. The summed E-state index contributed by atoms with van der Waals surface area (Å²) in [6, 6.07) is 7.27. The minimum atomic E-state index is -0.574. The van der Waals surface area contributed by atoms with Gasteiger partial charge in [-0.1, -0.05) is 32.9 Å². The molecule has 0 aliphatic rings. The van der Waals surface area contributed by atoms with E-state index in [4.69, 9.17) is 4.74 Å². The quantitative estimate of drug-likeness (QED) is 0.709. The molecule has 27 heavy (non-hydrogen) atoms. The van der Waals surface area contributed by atoms with Gasteiger partial charge in [-0.2, -0.15) is 0 Å². The van der Waals surface area contributed by atoms with Crippen LogP contribution in [0.2, 0.25) is 0 Å². The summed E-state index contributed by atoms with van der Waals surface area (Å²) in [5.74, 6) is -0.257. The largest absolute Gasteiger partial charge is 0.444 e. The van der Waals surface area contributed by atoms with E-state index in [9.17, 15) is 14.4 Å². The number of carbonyl (C=O) groups is 3. The third kappa shape index (κ3) is 9.63.